The summed E-state index contributed by atoms with van der Waals surface area (Å²) >= 11 is 5.32. The van der Waals surface area contributed by atoms with E-state index in [1.165, 1.54) is 6.07 Å². The first-order valence-corrected chi connectivity index (χ1v) is 12.5. The molecule has 6 nitrogen and oxygen atoms in total. The lowest BCUT2D eigenvalue weighted by molar-refractivity contribution is 0.0977. The van der Waals surface area contributed by atoms with Crippen molar-refractivity contribution in [1.82, 2.24) is 10.2 Å². The average Bonchev–Trinajstić information content (AvgIpc) is 2.86. The van der Waals surface area contributed by atoms with Crippen LogP contribution >= 0.6 is 12.2 Å². The molecule has 0 saturated carbocycles. The molecule has 0 radical (unpaired) electrons. The molecule has 188 valence electrons. The van der Waals surface area contributed by atoms with Crippen LogP contribution in [0.5, 0.6) is 5.75 Å². The lowest BCUT2D eigenvalue weighted by atomic mass is 10.1. The molecule has 4 rings (SSSR count). The number of piperazine rings is 1. The number of nitrogens with one attached hydrogen (secondary N) is 2. The van der Waals surface area contributed by atoms with Gasteiger partial charge in [0.05, 0.1) is 6.10 Å². The van der Waals surface area contributed by atoms with Crippen molar-refractivity contribution in [3.05, 3.63) is 89.7 Å². The van der Waals surface area contributed by atoms with Gasteiger partial charge in [-0.1, -0.05) is 18.2 Å². The monoisotopic (exact) mass is 506 g/mol. The van der Waals surface area contributed by atoms with E-state index in [0.717, 1.165) is 43.1 Å². The maximum Gasteiger partial charge on any atom is 0.257 e. The summed E-state index contributed by atoms with van der Waals surface area (Å²) in [5.41, 5.74) is 3.15. The van der Waals surface area contributed by atoms with Crippen LogP contribution in [-0.2, 0) is 6.54 Å². The molecule has 0 aromatic heterocycles. The third-order valence-corrected chi connectivity index (χ3v) is 6.13. The maximum absolute atomic E-state index is 13.9. The summed E-state index contributed by atoms with van der Waals surface area (Å²) in [6, 6.07) is 21.9. The molecule has 1 amide bonds. The Bertz CT molecular complexity index is 1180. The molecule has 0 aliphatic carbocycles. The highest BCUT2D eigenvalue weighted by molar-refractivity contribution is 7.80. The molecular formula is C28H31FN4O2S. The zero-order valence-electron chi connectivity index (χ0n) is 20.5. The van der Waals surface area contributed by atoms with Crippen LogP contribution in [0, 0.1) is 5.82 Å². The number of ether oxygens (including phenoxy) is 1. The first kappa shape index (κ1) is 25.6. The number of hydrogen-bond acceptors (Lipinski definition) is 5. The van der Waals surface area contributed by atoms with Crippen molar-refractivity contribution < 1.29 is 13.9 Å². The van der Waals surface area contributed by atoms with Gasteiger partial charge in [0.15, 0.2) is 5.11 Å². The van der Waals surface area contributed by atoms with Crippen molar-refractivity contribution in [2.45, 2.75) is 26.5 Å². The second-order valence-electron chi connectivity index (χ2n) is 9.00. The minimum Gasteiger partial charge on any atom is -0.491 e. The molecule has 0 unspecified atom stereocenters. The first-order chi connectivity index (χ1) is 17.4. The van der Waals surface area contributed by atoms with Crippen molar-refractivity contribution in [1.29, 1.82) is 0 Å². The lowest BCUT2D eigenvalue weighted by Gasteiger charge is -2.36. The van der Waals surface area contributed by atoms with Gasteiger partial charge < -0.3 is 15.0 Å². The standard InChI is InChI=1S/C28H31FN4O2S/c1-20(2)35-25-13-7-21(8-14-25)27(34)31-28(36)30-23-9-11-24(12-10-23)33-17-15-32(16-18-33)19-22-5-3-4-6-26(22)29/h3-14,20H,15-19H2,1-2H3,(H2,30,31,34,36). The van der Waals surface area contributed by atoms with Gasteiger partial charge in [-0.05, 0) is 80.7 Å². The van der Waals surface area contributed by atoms with Crippen LogP contribution in [0.1, 0.15) is 29.8 Å². The SMILES string of the molecule is CC(C)Oc1ccc(C(=O)NC(=S)Nc2ccc(N3CCN(Cc4ccccc4F)CC3)cc2)cc1. The van der Waals surface area contributed by atoms with E-state index in [9.17, 15) is 9.18 Å². The topological polar surface area (TPSA) is 56.8 Å². The lowest BCUT2D eigenvalue weighted by Crippen LogP contribution is -2.46. The van der Waals surface area contributed by atoms with Crippen molar-refractivity contribution in [2.24, 2.45) is 0 Å². The number of halogens is 1. The fourth-order valence-electron chi connectivity index (χ4n) is 4.08. The molecule has 1 heterocycles. The largest absolute Gasteiger partial charge is 0.491 e. The van der Waals surface area contributed by atoms with Gasteiger partial charge in [-0.2, -0.15) is 0 Å². The number of carbonyl (C=O) groups is 1. The Morgan fingerprint density at radius 1 is 0.972 bits per heavy atom. The molecule has 0 atom stereocenters. The Balaban J connectivity index is 1.24. The molecule has 0 spiro atoms. The van der Waals surface area contributed by atoms with E-state index in [1.807, 2.05) is 50.2 Å². The summed E-state index contributed by atoms with van der Waals surface area (Å²) < 4.78 is 19.5. The first-order valence-electron chi connectivity index (χ1n) is 12.1. The quantitative estimate of drug-likeness (QED) is 0.437. The van der Waals surface area contributed by atoms with Gasteiger partial charge in [0, 0.05) is 55.2 Å². The Kier molecular flexibility index (Phi) is 8.51. The van der Waals surface area contributed by atoms with Gasteiger partial charge in [-0.3, -0.25) is 15.0 Å². The molecule has 3 aromatic carbocycles. The maximum atomic E-state index is 13.9. The van der Waals surface area contributed by atoms with Gasteiger partial charge >= 0.3 is 0 Å². The molecule has 1 aliphatic rings. The molecule has 36 heavy (non-hydrogen) atoms. The van der Waals surface area contributed by atoms with E-state index in [-0.39, 0.29) is 22.9 Å². The minimum absolute atomic E-state index is 0.0722. The number of nitrogens with zero attached hydrogens (tertiary/aromatic N) is 2. The third kappa shape index (κ3) is 7.02. The summed E-state index contributed by atoms with van der Waals surface area (Å²) in [4.78, 5) is 17.1. The minimum atomic E-state index is -0.284. The zero-order chi connectivity index (χ0) is 25.5. The second kappa shape index (κ2) is 12.0. The van der Waals surface area contributed by atoms with E-state index in [1.54, 1.807) is 30.3 Å². The summed E-state index contributed by atoms with van der Waals surface area (Å²) in [6.07, 6.45) is 0.0722. The second-order valence-corrected chi connectivity index (χ2v) is 9.41. The summed E-state index contributed by atoms with van der Waals surface area (Å²) in [5, 5.41) is 6.01. The molecule has 2 N–H and O–H groups in total. The number of benzene rings is 3. The highest BCUT2D eigenvalue weighted by Gasteiger charge is 2.18. The third-order valence-electron chi connectivity index (χ3n) is 5.93. The molecule has 0 bridgehead atoms. The predicted octanol–water partition coefficient (Wildman–Crippen LogP) is 5.06. The van der Waals surface area contributed by atoms with Crippen molar-refractivity contribution >= 4 is 34.6 Å². The molecule has 8 heteroatoms. The van der Waals surface area contributed by atoms with E-state index in [4.69, 9.17) is 17.0 Å². The average molecular weight is 507 g/mol. The van der Waals surface area contributed by atoms with Crippen LogP contribution in [0.2, 0.25) is 0 Å². The van der Waals surface area contributed by atoms with Gasteiger partial charge in [-0.25, -0.2) is 4.39 Å². The number of carbonyl (C=O) groups excluding carboxylic acids is 1. The van der Waals surface area contributed by atoms with Gasteiger partial charge in [0.2, 0.25) is 0 Å². The molecule has 1 fully saturated rings. The fourth-order valence-corrected chi connectivity index (χ4v) is 4.29. The van der Waals surface area contributed by atoms with E-state index < -0.39 is 0 Å². The number of amides is 1. The van der Waals surface area contributed by atoms with E-state index in [2.05, 4.69) is 20.4 Å². The number of rotatable bonds is 7. The molecule has 1 saturated heterocycles. The van der Waals surface area contributed by atoms with Crippen LogP contribution in [0.15, 0.2) is 72.8 Å². The molecular weight excluding hydrogens is 475 g/mol. The Hall–Kier alpha value is -3.49. The highest BCUT2D eigenvalue weighted by Crippen LogP contribution is 2.21. The molecule has 3 aromatic rings. The van der Waals surface area contributed by atoms with Gasteiger partial charge in [-0.15, -0.1) is 0 Å². The summed E-state index contributed by atoms with van der Waals surface area (Å²) in [6.45, 7) is 8.02. The van der Waals surface area contributed by atoms with E-state index >= 15 is 0 Å². The van der Waals surface area contributed by atoms with Crippen molar-refractivity contribution in [2.75, 3.05) is 36.4 Å². The number of thiocarbonyl (C=S) groups is 1. The number of hydrogen-bond donors (Lipinski definition) is 2. The van der Waals surface area contributed by atoms with E-state index in [0.29, 0.717) is 17.9 Å². The van der Waals surface area contributed by atoms with Crippen LogP contribution in [0.3, 0.4) is 0 Å². The summed E-state index contributed by atoms with van der Waals surface area (Å²) in [5.74, 6) is 0.286. The van der Waals surface area contributed by atoms with Crippen molar-refractivity contribution in [3.8, 4) is 5.75 Å². The smallest absolute Gasteiger partial charge is 0.257 e. The van der Waals surface area contributed by atoms with Gasteiger partial charge in [0.25, 0.3) is 5.91 Å². The van der Waals surface area contributed by atoms with Crippen LogP contribution in [0.25, 0.3) is 0 Å². The summed E-state index contributed by atoms with van der Waals surface area (Å²) in [7, 11) is 0. The predicted molar refractivity (Wildman–Crippen MR) is 146 cm³/mol. The number of anilines is 2. The fraction of sp³-hybridized carbons (Fsp3) is 0.286. The van der Waals surface area contributed by atoms with Crippen LogP contribution in [0.4, 0.5) is 15.8 Å². The van der Waals surface area contributed by atoms with Crippen molar-refractivity contribution in [3.63, 3.8) is 0 Å². The van der Waals surface area contributed by atoms with Crippen LogP contribution < -0.4 is 20.3 Å². The van der Waals surface area contributed by atoms with Gasteiger partial charge in [0.1, 0.15) is 11.6 Å². The normalized spacial score (nSPS) is 13.9. The molecule has 1 aliphatic heterocycles. The highest BCUT2D eigenvalue weighted by atomic mass is 32.1. The Morgan fingerprint density at radius 3 is 2.28 bits per heavy atom. The van der Waals surface area contributed by atoms with Crippen LogP contribution in [-0.4, -0.2) is 48.2 Å². The Labute approximate surface area is 217 Å². The Morgan fingerprint density at radius 2 is 1.64 bits per heavy atom. The zero-order valence-corrected chi connectivity index (χ0v) is 21.4.